The molecule has 0 aliphatic rings. The molecule has 0 saturated heterocycles. The van der Waals surface area contributed by atoms with Crippen molar-refractivity contribution in [3.05, 3.63) is 64.8 Å². The van der Waals surface area contributed by atoms with Gasteiger partial charge < -0.3 is 24.9 Å². The molecule has 0 unspecified atom stereocenters. The van der Waals surface area contributed by atoms with E-state index in [0.717, 1.165) is 5.52 Å². The van der Waals surface area contributed by atoms with E-state index in [1.807, 2.05) is 17.7 Å². The Balaban J connectivity index is 1.75. The fraction of sp³-hybridized carbons (Fsp3) is 0.136. The number of nitrogens with two attached hydrogens (primary N) is 1. The summed E-state index contributed by atoms with van der Waals surface area (Å²) in [6, 6.07) is 12.3. The van der Waals surface area contributed by atoms with Gasteiger partial charge in [0.05, 0.1) is 34.3 Å². The molecule has 4 rings (SSSR count). The number of methoxy groups -OCH3 is 1. The van der Waals surface area contributed by atoms with Gasteiger partial charge in [0.15, 0.2) is 11.6 Å². The van der Waals surface area contributed by atoms with Crippen LogP contribution in [0.3, 0.4) is 0 Å². The highest BCUT2D eigenvalue weighted by Crippen LogP contribution is 2.35. The van der Waals surface area contributed by atoms with Crippen molar-refractivity contribution in [3.8, 4) is 17.3 Å². The number of nitrogens with one attached hydrogen (secondary N) is 1. The van der Waals surface area contributed by atoms with Crippen LogP contribution in [0, 0.1) is 0 Å². The second kappa shape index (κ2) is 7.81. The van der Waals surface area contributed by atoms with Crippen LogP contribution >= 0.6 is 11.6 Å². The second-order valence-corrected chi connectivity index (χ2v) is 7.44. The zero-order valence-corrected chi connectivity index (χ0v) is 17.9. The standard InChI is InChI=1S/C22H20ClN5O3/c1-27-11-14(20(24)29)19(31-3)18(27)21-26-16-10-12(8-9-17(16)28(21)2)25-22(30)13-6-4-5-7-15(13)23/h4-11H,1-3H3,(H2,24,29)(H,25,30). The van der Waals surface area contributed by atoms with E-state index >= 15 is 0 Å². The van der Waals surface area contributed by atoms with Crippen LogP contribution in [0.15, 0.2) is 48.7 Å². The minimum absolute atomic E-state index is 0.278. The highest BCUT2D eigenvalue weighted by Gasteiger charge is 2.24. The maximum atomic E-state index is 12.6. The summed E-state index contributed by atoms with van der Waals surface area (Å²) in [5.74, 6) is 0.0652. The van der Waals surface area contributed by atoms with Crippen molar-refractivity contribution in [2.24, 2.45) is 19.8 Å². The lowest BCUT2D eigenvalue weighted by Gasteiger charge is -2.08. The number of hydrogen-bond acceptors (Lipinski definition) is 4. The summed E-state index contributed by atoms with van der Waals surface area (Å²) in [5, 5.41) is 3.23. The number of hydrogen-bond donors (Lipinski definition) is 2. The summed E-state index contributed by atoms with van der Waals surface area (Å²) >= 11 is 6.12. The van der Waals surface area contributed by atoms with E-state index in [4.69, 9.17) is 27.1 Å². The molecule has 0 fully saturated rings. The summed E-state index contributed by atoms with van der Waals surface area (Å²) in [4.78, 5) is 29.1. The molecular formula is C22H20ClN5O3. The summed E-state index contributed by atoms with van der Waals surface area (Å²) < 4.78 is 9.09. The minimum Gasteiger partial charge on any atom is -0.494 e. The Labute approximate surface area is 183 Å². The first kappa shape index (κ1) is 20.5. The van der Waals surface area contributed by atoms with Crippen LogP contribution in [0.25, 0.3) is 22.6 Å². The molecule has 9 heteroatoms. The number of ether oxygens (including phenoxy) is 1. The van der Waals surface area contributed by atoms with Gasteiger partial charge in [0, 0.05) is 26.0 Å². The molecule has 2 aromatic carbocycles. The van der Waals surface area contributed by atoms with Crippen molar-refractivity contribution in [1.82, 2.24) is 14.1 Å². The van der Waals surface area contributed by atoms with Gasteiger partial charge in [-0.1, -0.05) is 23.7 Å². The number of aromatic nitrogens is 3. The molecule has 0 aliphatic heterocycles. The van der Waals surface area contributed by atoms with Gasteiger partial charge in [-0.2, -0.15) is 0 Å². The fourth-order valence-corrected chi connectivity index (χ4v) is 3.80. The quantitative estimate of drug-likeness (QED) is 0.497. The topological polar surface area (TPSA) is 104 Å². The minimum atomic E-state index is -0.581. The maximum absolute atomic E-state index is 12.6. The predicted octanol–water partition coefficient (Wildman–Crippen LogP) is 3.59. The average molecular weight is 438 g/mol. The van der Waals surface area contributed by atoms with Crippen LogP contribution in [0.2, 0.25) is 5.02 Å². The van der Waals surface area contributed by atoms with Crippen molar-refractivity contribution < 1.29 is 14.3 Å². The molecule has 0 radical (unpaired) electrons. The van der Waals surface area contributed by atoms with Crippen molar-refractivity contribution in [3.63, 3.8) is 0 Å². The van der Waals surface area contributed by atoms with E-state index in [1.165, 1.54) is 7.11 Å². The zero-order valence-electron chi connectivity index (χ0n) is 17.1. The number of imidazole rings is 1. The van der Waals surface area contributed by atoms with Gasteiger partial charge in [-0.25, -0.2) is 4.98 Å². The van der Waals surface area contributed by atoms with E-state index in [-0.39, 0.29) is 11.5 Å². The number of primary amides is 1. The number of carbonyl (C=O) groups excluding carboxylic acids is 2. The number of fused-ring (bicyclic) bond motifs is 1. The van der Waals surface area contributed by atoms with Crippen LogP contribution in [0.1, 0.15) is 20.7 Å². The molecule has 4 aromatic rings. The SMILES string of the molecule is COc1c(C(N)=O)cn(C)c1-c1nc2cc(NC(=O)c3ccccc3Cl)ccc2n1C. The molecule has 0 saturated carbocycles. The lowest BCUT2D eigenvalue weighted by molar-refractivity contribution is 0.0995. The van der Waals surface area contributed by atoms with Gasteiger partial charge in [-0.15, -0.1) is 0 Å². The van der Waals surface area contributed by atoms with E-state index in [9.17, 15) is 9.59 Å². The van der Waals surface area contributed by atoms with Crippen LogP contribution < -0.4 is 15.8 Å². The number of anilines is 1. The van der Waals surface area contributed by atoms with Crippen LogP contribution in [-0.4, -0.2) is 33.0 Å². The Kier molecular flexibility index (Phi) is 5.16. The van der Waals surface area contributed by atoms with Crippen molar-refractivity contribution in [2.75, 3.05) is 12.4 Å². The first-order valence-corrected chi connectivity index (χ1v) is 9.75. The van der Waals surface area contributed by atoms with Crippen LogP contribution in [0.5, 0.6) is 5.75 Å². The molecule has 2 heterocycles. The third-order valence-corrected chi connectivity index (χ3v) is 5.40. The summed E-state index contributed by atoms with van der Waals surface area (Å²) in [6.45, 7) is 0. The number of amides is 2. The number of benzene rings is 2. The monoisotopic (exact) mass is 437 g/mol. The lowest BCUT2D eigenvalue weighted by atomic mass is 10.2. The number of nitrogens with zero attached hydrogens (tertiary/aromatic N) is 3. The first-order chi connectivity index (χ1) is 14.8. The van der Waals surface area contributed by atoms with Crippen molar-refractivity contribution >= 4 is 40.1 Å². The molecule has 31 heavy (non-hydrogen) atoms. The second-order valence-electron chi connectivity index (χ2n) is 7.03. The molecule has 0 atom stereocenters. The highest BCUT2D eigenvalue weighted by molar-refractivity contribution is 6.34. The van der Waals surface area contributed by atoms with Crippen LogP contribution in [-0.2, 0) is 14.1 Å². The van der Waals surface area contributed by atoms with Gasteiger partial charge >= 0.3 is 0 Å². The maximum Gasteiger partial charge on any atom is 0.257 e. The van der Waals surface area contributed by atoms with E-state index in [2.05, 4.69) is 5.32 Å². The molecule has 0 spiro atoms. The summed E-state index contributed by atoms with van der Waals surface area (Å²) in [7, 11) is 5.14. The number of aryl methyl sites for hydroxylation is 2. The Morgan fingerprint density at radius 1 is 1.13 bits per heavy atom. The highest BCUT2D eigenvalue weighted by atomic mass is 35.5. The normalized spacial score (nSPS) is 11.0. The lowest BCUT2D eigenvalue weighted by Crippen LogP contribution is -2.12. The smallest absolute Gasteiger partial charge is 0.257 e. The van der Waals surface area contributed by atoms with Gasteiger partial charge in [-0.05, 0) is 30.3 Å². The molecule has 2 amide bonds. The van der Waals surface area contributed by atoms with Crippen molar-refractivity contribution in [2.45, 2.75) is 0 Å². The third kappa shape index (κ3) is 3.51. The largest absolute Gasteiger partial charge is 0.494 e. The molecule has 8 nitrogen and oxygen atoms in total. The Hall–Kier alpha value is -3.78. The number of halogens is 1. The van der Waals surface area contributed by atoms with Gasteiger partial charge in [0.2, 0.25) is 0 Å². The molecule has 2 aromatic heterocycles. The zero-order chi connectivity index (χ0) is 22.3. The number of carbonyl (C=O) groups is 2. The molecule has 3 N–H and O–H groups in total. The third-order valence-electron chi connectivity index (χ3n) is 5.07. The van der Waals surface area contributed by atoms with Gasteiger partial charge in [0.1, 0.15) is 5.69 Å². The van der Waals surface area contributed by atoms with Crippen LogP contribution in [0.4, 0.5) is 5.69 Å². The molecule has 0 bridgehead atoms. The van der Waals surface area contributed by atoms with E-state index in [1.54, 1.807) is 54.2 Å². The average Bonchev–Trinajstić information content (AvgIpc) is 3.24. The van der Waals surface area contributed by atoms with Crippen molar-refractivity contribution in [1.29, 1.82) is 0 Å². The fourth-order valence-electron chi connectivity index (χ4n) is 3.58. The van der Waals surface area contributed by atoms with Gasteiger partial charge in [0.25, 0.3) is 11.8 Å². The Morgan fingerprint density at radius 2 is 1.87 bits per heavy atom. The Morgan fingerprint density at radius 3 is 2.55 bits per heavy atom. The predicted molar refractivity (Wildman–Crippen MR) is 120 cm³/mol. The van der Waals surface area contributed by atoms with Gasteiger partial charge in [-0.3, -0.25) is 9.59 Å². The van der Waals surface area contributed by atoms with E-state index in [0.29, 0.717) is 39.1 Å². The number of rotatable bonds is 5. The Bertz CT molecular complexity index is 1340. The summed E-state index contributed by atoms with van der Waals surface area (Å²) in [5.41, 5.74) is 8.86. The first-order valence-electron chi connectivity index (χ1n) is 9.37. The molecule has 0 aliphatic carbocycles. The molecular weight excluding hydrogens is 418 g/mol. The van der Waals surface area contributed by atoms with E-state index < -0.39 is 5.91 Å². The summed E-state index contributed by atoms with van der Waals surface area (Å²) in [6.07, 6.45) is 1.62. The molecule has 158 valence electrons.